The zero-order chi connectivity index (χ0) is 18.5. The lowest BCUT2D eigenvalue weighted by atomic mass is 10.1. The van der Waals surface area contributed by atoms with Gasteiger partial charge < -0.3 is 15.4 Å². The van der Waals surface area contributed by atoms with Crippen LogP contribution in [0.25, 0.3) is 11.0 Å². The summed E-state index contributed by atoms with van der Waals surface area (Å²) in [6.45, 7) is 5.53. The number of amides is 1. The van der Waals surface area contributed by atoms with Gasteiger partial charge in [0.25, 0.3) is 5.91 Å². The van der Waals surface area contributed by atoms with Crippen LogP contribution in [0.4, 0.5) is 5.69 Å². The van der Waals surface area contributed by atoms with E-state index in [0.29, 0.717) is 12.2 Å². The fourth-order valence-corrected chi connectivity index (χ4v) is 3.53. The summed E-state index contributed by atoms with van der Waals surface area (Å²) in [6.07, 6.45) is 8.81. The van der Waals surface area contributed by atoms with Crippen molar-refractivity contribution in [1.82, 2.24) is 20.1 Å². The Bertz CT molecular complexity index is 752. The molecule has 2 aromatic rings. The normalized spacial score (nSPS) is 16.1. The van der Waals surface area contributed by atoms with Crippen molar-refractivity contribution < 1.29 is 9.53 Å². The van der Waals surface area contributed by atoms with Crippen LogP contribution in [0.2, 0.25) is 0 Å². The lowest BCUT2D eigenvalue weighted by molar-refractivity contribution is 0.0938. The van der Waals surface area contributed by atoms with Crippen LogP contribution >= 0.6 is 0 Å². The second kappa shape index (κ2) is 8.49. The summed E-state index contributed by atoms with van der Waals surface area (Å²) in [6, 6.07) is 0.443. The molecular weight excluding hydrogens is 330 g/mol. The molecule has 0 spiro atoms. The molecule has 1 aliphatic rings. The van der Waals surface area contributed by atoms with Gasteiger partial charge in [0.2, 0.25) is 0 Å². The van der Waals surface area contributed by atoms with E-state index in [9.17, 15) is 4.79 Å². The highest BCUT2D eigenvalue weighted by molar-refractivity contribution is 6.06. The quantitative estimate of drug-likeness (QED) is 0.757. The number of carbonyl (C=O) groups excluding carboxylic acids is 1. The van der Waals surface area contributed by atoms with Crippen LogP contribution < -0.4 is 10.6 Å². The number of hydrogen-bond acceptors (Lipinski definition) is 5. The van der Waals surface area contributed by atoms with Crippen LogP contribution in [-0.2, 0) is 11.3 Å². The predicted molar refractivity (Wildman–Crippen MR) is 103 cm³/mol. The molecular formula is C19H29N5O2. The number of aromatic nitrogens is 3. The number of hydrogen-bond donors (Lipinski definition) is 2. The van der Waals surface area contributed by atoms with Gasteiger partial charge in [-0.3, -0.25) is 4.79 Å². The fraction of sp³-hybridized carbons (Fsp3) is 0.632. The molecule has 2 N–H and O–H groups in total. The van der Waals surface area contributed by atoms with E-state index in [-0.39, 0.29) is 18.0 Å². The number of aryl methyl sites for hydroxylation is 1. The Morgan fingerprint density at radius 3 is 2.85 bits per heavy atom. The van der Waals surface area contributed by atoms with Gasteiger partial charge in [-0.1, -0.05) is 12.8 Å². The van der Waals surface area contributed by atoms with E-state index in [1.807, 2.05) is 11.6 Å². The van der Waals surface area contributed by atoms with Crippen LogP contribution in [0.1, 0.15) is 56.3 Å². The van der Waals surface area contributed by atoms with Crippen LogP contribution in [0.5, 0.6) is 0 Å². The Hall–Kier alpha value is -2.15. The minimum absolute atomic E-state index is 0.0583. The van der Waals surface area contributed by atoms with Crippen molar-refractivity contribution in [2.45, 2.75) is 64.6 Å². The highest BCUT2D eigenvalue weighted by atomic mass is 16.5. The number of carbonyl (C=O) groups is 1. The number of ether oxygens (including phenoxy) is 1. The van der Waals surface area contributed by atoms with Gasteiger partial charge in [0, 0.05) is 38.5 Å². The van der Waals surface area contributed by atoms with Crippen molar-refractivity contribution in [3.63, 3.8) is 0 Å². The van der Waals surface area contributed by atoms with Gasteiger partial charge in [0.15, 0.2) is 5.65 Å². The number of nitrogens with one attached hydrogen (secondary N) is 2. The van der Waals surface area contributed by atoms with Crippen molar-refractivity contribution in [2.24, 2.45) is 0 Å². The van der Waals surface area contributed by atoms with Gasteiger partial charge in [-0.25, -0.2) is 9.67 Å². The molecule has 0 aromatic carbocycles. The summed E-state index contributed by atoms with van der Waals surface area (Å²) < 4.78 is 7.02. The first-order valence-corrected chi connectivity index (χ1v) is 9.54. The second-order valence-electron chi connectivity index (χ2n) is 7.03. The monoisotopic (exact) mass is 359 g/mol. The summed E-state index contributed by atoms with van der Waals surface area (Å²) in [5.74, 6) is -0.0583. The molecule has 1 unspecified atom stereocenters. The van der Waals surface area contributed by atoms with Gasteiger partial charge >= 0.3 is 0 Å². The Labute approximate surface area is 154 Å². The molecule has 2 aromatic heterocycles. The summed E-state index contributed by atoms with van der Waals surface area (Å²) in [4.78, 5) is 17.4. The Morgan fingerprint density at radius 2 is 2.15 bits per heavy atom. The van der Waals surface area contributed by atoms with Crippen LogP contribution in [-0.4, -0.2) is 46.5 Å². The number of pyridine rings is 1. The molecule has 1 fully saturated rings. The molecule has 0 radical (unpaired) electrons. The minimum Gasteiger partial charge on any atom is -0.385 e. The standard InChI is InChI=1S/C19H29N5O2/c1-4-24-18-15(12-21-24)17(22-13(2)9-10-26-3)16(11-20-18)19(25)23-14-7-5-6-8-14/h11-14H,4-10H2,1-3H3,(H,20,22)(H,23,25). The van der Waals surface area contributed by atoms with E-state index in [2.05, 4.69) is 27.6 Å². The third kappa shape index (κ3) is 3.98. The van der Waals surface area contributed by atoms with E-state index < -0.39 is 0 Å². The zero-order valence-electron chi connectivity index (χ0n) is 15.9. The first-order valence-electron chi connectivity index (χ1n) is 9.54. The Balaban J connectivity index is 1.92. The molecule has 26 heavy (non-hydrogen) atoms. The molecule has 1 amide bonds. The minimum atomic E-state index is -0.0583. The SMILES string of the molecule is CCn1ncc2c(NC(C)CCOC)c(C(=O)NC3CCCC3)cnc21. The first kappa shape index (κ1) is 18.6. The smallest absolute Gasteiger partial charge is 0.255 e. The van der Waals surface area contributed by atoms with E-state index in [1.165, 1.54) is 12.8 Å². The molecule has 1 saturated carbocycles. The van der Waals surface area contributed by atoms with Crippen LogP contribution in [0.3, 0.4) is 0 Å². The van der Waals surface area contributed by atoms with E-state index >= 15 is 0 Å². The number of fused-ring (bicyclic) bond motifs is 1. The highest BCUT2D eigenvalue weighted by Crippen LogP contribution is 2.28. The molecule has 142 valence electrons. The number of methoxy groups -OCH3 is 1. The van der Waals surface area contributed by atoms with Crippen LogP contribution in [0, 0.1) is 0 Å². The van der Waals surface area contributed by atoms with Gasteiger partial charge in [0.1, 0.15) is 0 Å². The van der Waals surface area contributed by atoms with E-state index in [1.54, 1.807) is 19.5 Å². The molecule has 7 heteroatoms. The van der Waals surface area contributed by atoms with Crippen molar-refractivity contribution >= 4 is 22.6 Å². The van der Waals surface area contributed by atoms with Crippen molar-refractivity contribution in [3.05, 3.63) is 18.0 Å². The maximum atomic E-state index is 12.9. The van der Waals surface area contributed by atoms with Crippen molar-refractivity contribution in [2.75, 3.05) is 19.0 Å². The average Bonchev–Trinajstić information content (AvgIpc) is 3.29. The van der Waals surface area contributed by atoms with E-state index in [4.69, 9.17) is 4.74 Å². The molecule has 0 bridgehead atoms. The average molecular weight is 359 g/mol. The fourth-order valence-electron chi connectivity index (χ4n) is 3.53. The summed E-state index contributed by atoms with van der Waals surface area (Å²) in [5, 5.41) is 12.0. The topological polar surface area (TPSA) is 81.1 Å². The maximum Gasteiger partial charge on any atom is 0.255 e. The lowest BCUT2D eigenvalue weighted by Gasteiger charge is -2.19. The highest BCUT2D eigenvalue weighted by Gasteiger charge is 2.23. The first-order chi connectivity index (χ1) is 12.6. The maximum absolute atomic E-state index is 12.9. The zero-order valence-corrected chi connectivity index (χ0v) is 15.9. The van der Waals surface area contributed by atoms with Gasteiger partial charge in [0.05, 0.1) is 22.8 Å². The van der Waals surface area contributed by atoms with Gasteiger partial charge in [-0.05, 0) is 33.1 Å². The third-order valence-corrected chi connectivity index (χ3v) is 5.05. The summed E-state index contributed by atoms with van der Waals surface area (Å²) in [7, 11) is 1.70. The Morgan fingerprint density at radius 1 is 1.38 bits per heavy atom. The number of anilines is 1. The molecule has 0 aliphatic heterocycles. The largest absolute Gasteiger partial charge is 0.385 e. The van der Waals surface area contributed by atoms with Crippen molar-refractivity contribution in [3.8, 4) is 0 Å². The second-order valence-corrected chi connectivity index (χ2v) is 7.03. The molecule has 7 nitrogen and oxygen atoms in total. The third-order valence-electron chi connectivity index (χ3n) is 5.05. The van der Waals surface area contributed by atoms with Gasteiger partial charge in [-0.15, -0.1) is 0 Å². The van der Waals surface area contributed by atoms with Gasteiger partial charge in [-0.2, -0.15) is 5.10 Å². The summed E-state index contributed by atoms with van der Waals surface area (Å²) in [5.41, 5.74) is 2.20. The number of rotatable bonds is 8. The molecule has 2 heterocycles. The Kier molecular flexibility index (Phi) is 6.08. The number of nitrogens with zero attached hydrogens (tertiary/aromatic N) is 3. The lowest BCUT2D eigenvalue weighted by Crippen LogP contribution is -2.33. The molecule has 1 aliphatic carbocycles. The summed E-state index contributed by atoms with van der Waals surface area (Å²) >= 11 is 0. The van der Waals surface area contributed by atoms with Crippen LogP contribution in [0.15, 0.2) is 12.4 Å². The van der Waals surface area contributed by atoms with Crippen molar-refractivity contribution in [1.29, 1.82) is 0 Å². The predicted octanol–water partition coefficient (Wildman–Crippen LogP) is 2.96. The van der Waals surface area contributed by atoms with E-state index in [0.717, 1.165) is 42.5 Å². The molecule has 0 saturated heterocycles. The molecule has 3 rings (SSSR count). The molecule has 1 atom stereocenters.